The van der Waals surface area contributed by atoms with Crippen LogP contribution in [0.5, 0.6) is 0 Å². The number of H-pyrrole nitrogens is 1. The van der Waals surface area contributed by atoms with Crippen LogP contribution in [-0.2, 0) is 10.0 Å². The normalized spacial score (nSPS) is 11.4. The summed E-state index contributed by atoms with van der Waals surface area (Å²) in [5.74, 6) is 0. The number of nitrogens with two attached hydrogens (primary N) is 1. The molecular formula is C7H5F2N3O3S. The summed E-state index contributed by atoms with van der Waals surface area (Å²) in [6.45, 7) is 0. The van der Waals surface area contributed by atoms with Gasteiger partial charge in [-0.05, 0) is 6.07 Å². The Morgan fingerprint density at radius 2 is 2.06 bits per heavy atom. The number of nitrogens with zero attached hydrogens (tertiary/aromatic N) is 1. The molecule has 1 rings (SSSR count). The molecule has 0 unspecified atom stereocenters. The minimum absolute atomic E-state index is 0.472. The largest absolute Gasteiger partial charge is 0.311 e. The van der Waals surface area contributed by atoms with E-state index in [-0.39, 0.29) is 0 Å². The fourth-order valence-corrected chi connectivity index (χ4v) is 1.52. The van der Waals surface area contributed by atoms with Gasteiger partial charge < -0.3 is 4.98 Å². The van der Waals surface area contributed by atoms with Gasteiger partial charge in [0, 0.05) is 5.56 Å². The van der Waals surface area contributed by atoms with Gasteiger partial charge in [-0.2, -0.15) is 5.26 Å². The highest BCUT2D eigenvalue weighted by Gasteiger charge is 2.20. The van der Waals surface area contributed by atoms with Crippen LogP contribution in [-0.4, -0.2) is 13.4 Å². The maximum absolute atomic E-state index is 12.4. The molecular weight excluding hydrogens is 244 g/mol. The number of nitrogens with one attached hydrogen (secondary N) is 1. The van der Waals surface area contributed by atoms with Crippen molar-refractivity contribution < 1.29 is 17.2 Å². The third-order valence-corrected chi connectivity index (χ3v) is 2.53. The van der Waals surface area contributed by atoms with Gasteiger partial charge in [-0.1, -0.05) is 0 Å². The van der Waals surface area contributed by atoms with E-state index in [2.05, 4.69) is 5.14 Å². The number of pyridine rings is 1. The van der Waals surface area contributed by atoms with Gasteiger partial charge in [0.1, 0.15) is 11.6 Å². The zero-order valence-corrected chi connectivity index (χ0v) is 8.38. The van der Waals surface area contributed by atoms with E-state index in [0.717, 1.165) is 0 Å². The van der Waals surface area contributed by atoms with Crippen molar-refractivity contribution in [2.75, 3.05) is 0 Å². The van der Waals surface area contributed by atoms with E-state index < -0.39 is 38.2 Å². The van der Waals surface area contributed by atoms with Crippen molar-refractivity contribution in [2.24, 2.45) is 5.14 Å². The first-order chi connectivity index (χ1) is 7.27. The van der Waals surface area contributed by atoms with Gasteiger partial charge in [0.15, 0.2) is 5.03 Å². The molecule has 0 aliphatic carbocycles. The van der Waals surface area contributed by atoms with Crippen LogP contribution in [0.15, 0.2) is 15.9 Å². The second-order valence-electron chi connectivity index (χ2n) is 2.75. The predicted molar refractivity (Wildman–Crippen MR) is 48.1 cm³/mol. The molecule has 9 heteroatoms. The van der Waals surface area contributed by atoms with Gasteiger partial charge in [0.2, 0.25) is 0 Å². The fourth-order valence-electron chi connectivity index (χ4n) is 0.996. The molecule has 3 N–H and O–H groups in total. The van der Waals surface area contributed by atoms with Gasteiger partial charge in [-0.3, -0.25) is 4.79 Å². The summed E-state index contributed by atoms with van der Waals surface area (Å²) in [7, 11) is -4.30. The molecule has 1 heterocycles. The molecule has 0 amide bonds. The zero-order valence-electron chi connectivity index (χ0n) is 7.57. The molecule has 0 saturated carbocycles. The fraction of sp³-hybridized carbons (Fsp3) is 0.143. The smallest absolute Gasteiger partial charge is 0.267 e. The molecule has 0 aromatic carbocycles. The predicted octanol–water partition coefficient (Wildman–Crippen LogP) is -0.168. The minimum atomic E-state index is -4.30. The van der Waals surface area contributed by atoms with E-state index in [1.54, 1.807) is 4.98 Å². The van der Waals surface area contributed by atoms with Crippen molar-refractivity contribution in [2.45, 2.75) is 11.5 Å². The van der Waals surface area contributed by atoms with Gasteiger partial charge in [-0.15, -0.1) is 0 Å². The van der Waals surface area contributed by atoms with Crippen molar-refractivity contribution >= 4 is 10.0 Å². The number of rotatable bonds is 2. The molecule has 1 aromatic heterocycles. The third-order valence-electron chi connectivity index (χ3n) is 1.69. The Morgan fingerprint density at radius 1 is 1.50 bits per heavy atom. The van der Waals surface area contributed by atoms with Gasteiger partial charge in [0.05, 0.1) is 0 Å². The van der Waals surface area contributed by atoms with Crippen LogP contribution in [0.4, 0.5) is 8.78 Å². The molecule has 1 aromatic rings. The van der Waals surface area contributed by atoms with Crippen molar-refractivity contribution in [3.8, 4) is 6.07 Å². The second kappa shape index (κ2) is 3.99. The van der Waals surface area contributed by atoms with Crippen LogP contribution in [0, 0.1) is 11.3 Å². The summed E-state index contributed by atoms with van der Waals surface area (Å²) in [6.07, 6.45) is -3.14. The summed E-state index contributed by atoms with van der Waals surface area (Å²) >= 11 is 0. The maximum Gasteiger partial charge on any atom is 0.267 e. The summed E-state index contributed by atoms with van der Waals surface area (Å²) < 4.78 is 46.5. The van der Waals surface area contributed by atoms with Crippen LogP contribution in [0.2, 0.25) is 0 Å². The monoisotopic (exact) mass is 249 g/mol. The highest BCUT2D eigenvalue weighted by atomic mass is 32.2. The topological polar surface area (TPSA) is 117 Å². The van der Waals surface area contributed by atoms with Crippen LogP contribution in [0.1, 0.15) is 17.6 Å². The first-order valence-electron chi connectivity index (χ1n) is 3.75. The molecule has 0 saturated heterocycles. The summed E-state index contributed by atoms with van der Waals surface area (Å²) in [4.78, 5) is 12.8. The average Bonchev–Trinajstić information content (AvgIpc) is 2.14. The van der Waals surface area contributed by atoms with E-state index in [1.807, 2.05) is 0 Å². The van der Waals surface area contributed by atoms with Crippen molar-refractivity contribution in [3.63, 3.8) is 0 Å². The molecule has 0 bridgehead atoms. The van der Waals surface area contributed by atoms with Crippen LogP contribution >= 0.6 is 0 Å². The maximum atomic E-state index is 12.4. The van der Waals surface area contributed by atoms with E-state index >= 15 is 0 Å². The molecule has 0 aliphatic heterocycles. The lowest BCUT2D eigenvalue weighted by Crippen LogP contribution is -2.22. The molecule has 0 aliphatic rings. The number of alkyl halides is 2. The third kappa shape index (κ3) is 2.23. The average molecular weight is 249 g/mol. The molecule has 6 nitrogen and oxygen atoms in total. The second-order valence-corrected chi connectivity index (χ2v) is 4.28. The molecule has 0 radical (unpaired) electrons. The highest BCUT2D eigenvalue weighted by Crippen LogP contribution is 2.21. The molecule has 0 spiro atoms. The number of hydrogen-bond donors (Lipinski definition) is 2. The van der Waals surface area contributed by atoms with Crippen molar-refractivity contribution in [1.29, 1.82) is 5.26 Å². The highest BCUT2D eigenvalue weighted by molar-refractivity contribution is 7.89. The Morgan fingerprint density at radius 3 is 2.44 bits per heavy atom. The van der Waals surface area contributed by atoms with E-state index in [1.165, 1.54) is 6.07 Å². The minimum Gasteiger partial charge on any atom is -0.311 e. The first kappa shape index (κ1) is 12.3. The number of aromatic amines is 1. The summed E-state index contributed by atoms with van der Waals surface area (Å²) in [6, 6.07) is 1.74. The van der Waals surface area contributed by atoms with E-state index in [9.17, 15) is 22.0 Å². The number of sulfonamides is 1. The number of nitriles is 1. The van der Waals surface area contributed by atoms with Gasteiger partial charge in [0.25, 0.3) is 22.0 Å². The molecule has 16 heavy (non-hydrogen) atoms. The van der Waals surface area contributed by atoms with Crippen LogP contribution < -0.4 is 10.7 Å². The quantitative estimate of drug-likeness (QED) is 0.756. The van der Waals surface area contributed by atoms with Crippen molar-refractivity contribution in [3.05, 3.63) is 27.5 Å². The Balaban J connectivity index is 3.68. The molecule has 86 valence electrons. The Bertz CT molecular complexity index is 615. The van der Waals surface area contributed by atoms with E-state index in [4.69, 9.17) is 5.26 Å². The van der Waals surface area contributed by atoms with Gasteiger partial charge in [-0.25, -0.2) is 22.3 Å². The number of aromatic nitrogens is 1. The SMILES string of the molecule is N#Cc1c(C(F)F)cc(S(N)(=O)=O)[nH]c1=O. The lowest BCUT2D eigenvalue weighted by molar-refractivity contribution is 0.150. The Kier molecular flexibility index (Phi) is 3.06. The standard InChI is InChI=1S/C7H5F2N3O3S/c8-6(9)3-1-5(16(11,14)15)12-7(13)4(3)2-10/h1,6H,(H,12,13)(H2,11,14,15). The van der Waals surface area contributed by atoms with Crippen LogP contribution in [0.25, 0.3) is 0 Å². The molecule has 0 fully saturated rings. The Labute approximate surface area is 88.4 Å². The summed E-state index contributed by atoms with van der Waals surface area (Å²) in [5.41, 5.74) is -3.01. The van der Waals surface area contributed by atoms with Gasteiger partial charge >= 0.3 is 0 Å². The Hall–Kier alpha value is -1.79. The van der Waals surface area contributed by atoms with Crippen LogP contribution in [0.3, 0.4) is 0 Å². The van der Waals surface area contributed by atoms with Crippen molar-refractivity contribution in [1.82, 2.24) is 4.98 Å². The number of primary sulfonamides is 1. The number of hydrogen-bond acceptors (Lipinski definition) is 4. The first-order valence-corrected chi connectivity index (χ1v) is 5.30. The van der Waals surface area contributed by atoms with E-state index in [0.29, 0.717) is 6.07 Å². The number of halogens is 2. The molecule has 0 atom stereocenters. The zero-order chi connectivity index (χ0) is 12.5. The lowest BCUT2D eigenvalue weighted by Gasteiger charge is -2.04. The lowest BCUT2D eigenvalue weighted by atomic mass is 10.1. The summed E-state index contributed by atoms with van der Waals surface area (Å²) in [5, 5.41) is 12.3.